The van der Waals surface area contributed by atoms with Gasteiger partial charge in [0.25, 0.3) is 0 Å². The molecular weight excluding hydrogens is 674 g/mol. The molecule has 0 saturated heterocycles. The highest BCUT2D eigenvalue weighted by Gasteiger charge is 2.45. The van der Waals surface area contributed by atoms with Crippen molar-refractivity contribution in [3.05, 3.63) is 194 Å². The van der Waals surface area contributed by atoms with Crippen LogP contribution in [0.5, 0.6) is 0 Å². The predicted molar refractivity (Wildman–Crippen MR) is 241 cm³/mol. The predicted octanol–water partition coefficient (Wildman–Crippen LogP) is 9.16. The lowest BCUT2D eigenvalue weighted by Gasteiger charge is -2.41. The number of benzene rings is 10. The molecule has 4 heteroatoms. The van der Waals surface area contributed by atoms with E-state index in [4.69, 9.17) is 0 Å². The van der Waals surface area contributed by atoms with Crippen molar-refractivity contribution in [2.45, 2.75) is 0 Å². The molecule has 0 atom stereocenters. The van der Waals surface area contributed by atoms with E-state index in [1.165, 1.54) is 110 Å². The first-order chi connectivity index (χ1) is 27.9. The Bertz CT molecular complexity index is 3010. The molecule has 13 rings (SSSR count). The Morgan fingerprint density at radius 3 is 1.45 bits per heavy atom. The van der Waals surface area contributed by atoms with Crippen molar-refractivity contribution in [3.8, 4) is 11.1 Å². The minimum absolute atomic E-state index is 0.0488. The molecule has 0 bridgehead atoms. The number of nitrogens with zero attached hydrogens (tertiary/aromatic N) is 2. The summed E-state index contributed by atoms with van der Waals surface area (Å²) in [6, 6.07) is 72.5. The number of hydrogen-bond donors (Lipinski definition) is 0. The van der Waals surface area contributed by atoms with Gasteiger partial charge in [0.2, 0.25) is 13.4 Å². The van der Waals surface area contributed by atoms with Crippen LogP contribution >= 0.6 is 0 Å². The highest BCUT2D eigenvalue weighted by Crippen LogP contribution is 2.50. The van der Waals surface area contributed by atoms with Crippen molar-refractivity contribution < 1.29 is 0 Å². The second kappa shape index (κ2) is 11.3. The summed E-state index contributed by atoms with van der Waals surface area (Å²) in [5.74, 6) is 0. The molecule has 0 radical (unpaired) electrons. The van der Waals surface area contributed by atoms with Crippen LogP contribution in [-0.2, 0) is 0 Å². The van der Waals surface area contributed by atoms with Crippen LogP contribution in [0, 0.1) is 0 Å². The van der Waals surface area contributed by atoms with Gasteiger partial charge in [-0.3, -0.25) is 0 Å². The lowest BCUT2D eigenvalue weighted by Crippen LogP contribution is -2.57. The molecule has 56 heavy (non-hydrogen) atoms. The Kier molecular flexibility index (Phi) is 6.09. The zero-order valence-corrected chi connectivity index (χ0v) is 30.5. The van der Waals surface area contributed by atoms with E-state index in [2.05, 4.69) is 204 Å². The van der Waals surface area contributed by atoms with Crippen molar-refractivity contribution in [1.29, 1.82) is 0 Å². The molecule has 3 heterocycles. The Morgan fingerprint density at radius 1 is 0.304 bits per heavy atom. The zero-order chi connectivity index (χ0) is 36.5. The Hall–Kier alpha value is -7.03. The minimum atomic E-state index is 0.0488. The van der Waals surface area contributed by atoms with Gasteiger partial charge in [0, 0.05) is 50.3 Å². The third kappa shape index (κ3) is 3.83. The number of anilines is 6. The van der Waals surface area contributed by atoms with Crippen LogP contribution in [0.15, 0.2) is 194 Å². The first kappa shape index (κ1) is 30.3. The number of fused-ring (bicyclic) bond motifs is 11. The fourth-order valence-electron chi connectivity index (χ4n) is 10.8. The molecule has 2 nitrogen and oxygen atoms in total. The Balaban J connectivity index is 1.25. The van der Waals surface area contributed by atoms with Crippen molar-refractivity contribution in [1.82, 2.24) is 0 Å². The van der Waals surface area contributed by atoms with Crippen LogP contribution in [-0.4, -0.2) is 13.4 Å². The summed E-state index contributed by atoms with van der Waals surface area (Å²) in [5, 5.41) is 7.92. The highest BCUT2D eigenvalue weighted by atomic mass is 15.2. The second-order valence-corrected chi connectivity index (χ2v) is 15.5. The van der Waals surface area contributed by atoms with Gasteiger partial charge >= 0.3 is 0 Å². The van der Waals surface area contributed by atoms with Gasteiger partial charge in [-0.1, -0.05) is 169 Å². The minimum Gasteiger partial charge on any atom is -0.311 e. The second-order valence-electron chi connectivity index (χ2n) is 15.5. The van der Waals surface area contributed by atoms with Gasteiger partial charge in [-0.05, 0) is 85.5 Å². The number of rotatable bonds is 3. The maximum absolute atomic E-state index is 2.57. The van der Waals surface area contributed by atoms with Gasteiger partial charge in [-0.15, -0.1) is 0 Å². The van der Waals surface area contributed by atoms with Crippen LogP contribution in [0.2, 0.25) is 0 Å². The van der Waals surface area contributed by atoms with Crippen molar-refractivity contribution in [2.24, 2.45) is 0 Å². The van der Waals surface area contributed by atoms with Crippen molar-refractivity contribution in [2.75, 3.05) is 9.80 Å². The Morgan fingerprint density at radius 2 is 0.768 bits per heavy atom. The molecule has 0 saturated carbocycles. The fourth-order valence-corrected chi connectivity index (χ4v) is 10.8. The molecule has 10 aromatic rings. The molecular formula is C52H32B2N2. The molecule has 0 spiro atoms. The van der Waals surface area contributed by atoms with E-state index in [0.717, 1.165) is 0 Å². The molecule has 256 valence electrons. The SMILES string of the molecule is c1ccc(B2c3ccccc3N(c3ccccc3)c3c2c2cccc4c5c(c6cccc3c6c24)N(c2ccccc2)c2cccc3c2B5c2ccccc2-3)cc1. The van der Waals surface area contributed by atoms with E-state index in [9.17, 15) is 0 Å². The summed E-state index contributed by atoms with van der Waals surface area (Å²) in [6.45, 7) is 0.164. The summed E-state index contributed by atoms with van der Waals surface area (Å²) in [4.78, 5) is 5.12. The first-order valence-electron chi connectivity index (χ1n) is 19.7. The lowest BCUT2D eigenvalue weighted by atomic mass is 9.34. The summed E-state index contributed by atoms with van der Waals surface area (Å²) in [6.07, 6.45) is 0. The molecule has 3 aliphatic rings. The van der Waals surface area contributed by atoms with Crippen LogP contribution in [0.1, 0.15) is 0 Å². The monoisotopic (exact) mass is 706 g/mol. The molecule has 0 unspecified atom stereocenters. The fraction of sp³-hybridized carbons (Fsp3) is 0. The van der Waals surface area contributed by atoms with Crippen LogP contribution in [0.4, 0.5) is 34.1 Å². The Labute approximate surface area is 326 Å². The quantitative estimate of drug-likeness (QED) is 0.134. The summed E-state index contributed by atoms with van der Waals surface area (Å²) in [7, 11) is 0. The van der Waals surface area contributed by atoms with Gasteiger partial charge < -0.3 is 9.80 Å². The molecule has 3 aliphatic heterocycles. The van der Waals surface area contributed by atoms with Gasteiger partial charge in [-0.25, -0.2) is 0 Å². The van der Waals surface area contributed by atoms with E-state index in [0.29, 0.717) is 0 Å². The molecule has 0 aliphatic carbocycles. The van der Waals surface area contributed by atoms with E-state index in [1.54, 1.807) is 0 Å². The largest absolute Gasteiger partial charge is 0.311 e. The smallest absolute Gasteiger partial charge is 0.249 e. The molecule has 0 amide bonds. The van der Waals surface area contributed by atoms with Crippen molar-refractivity contribution in [3.63, 3.8) is 0 Å². The topological polar surface area (TPSA) is 6.48 Å². The van der Waals surface area contributed by atoms with Gasteiger partial charge in [0.15, 0.2) is 0 Å². The van der Waals surface area contributed by atoms with Crippen LogP contribution < -0.4 is 42.6 Å². The normalized spacial score (nSPS) is 13.6. The van der Waals surface area contributed by atoms with Crippen LogP contribution in [0.3, 0.4) is 0 Å². The average molecular weight is 706 g/mol. The maximum atomic E-state index is 2.57. The highest BCUT2D eigenvalue weighted by molar-refractivity contribution is 7.03. The number of hydrogen-bond acceptors (Lipinski definition) is 2. The van der Waals surface area contributed by atoms with E-state index in [1.807, 2.05) is 0 Å². The lowest BCUT2D eigenvalue weighted by molar-refractivity contribution is 1.31. The average Bonchev–Trinajstić information content (AvgIpc) is 3.61. The van der Waals surface area contributed by atoms with E-state index in [-0.39, 0.29) is 13.4 Å². The maximum Gasteiger partial charge on any atom is 0.249 e. The van der Waals surface area contributed by atoms with E-state index < -0.39 is 0 Å². The third-order valence-electron chi connectivity index (χ3n) is 12.8. The van der Waals surface area contributed by atoms with Gasteiger partial charge in [-0.2, -0.15) is 0 Å². The molecule has 0 aromatic heterocycles. The van der Waals surface area contributed by atoms with Crippen molar-refractivity contribution >= 4 is 113 Å². The summed E-state index contributed by atoms with van der Waals surface area (Å²) in [5.41, 5.74) is 18.3. The molecule has 0 fully saturated rings. The molecule has 0 N–H and O–H groups in total. The summed E-state index contributed by atoms with van der Waals surface area (Å²) >= 11 is 0. The first-order valence-corrected chi connectivity index (χ1v) is 19.7. The van der Waals surface area contributed by atoms with Gasteiger partial charge in [0.1, 0.15) is 0 Å². The van der Waals surface area contributed by atoms with Gasteiger partial charge in [0.05, 0.1) is 0 Å². The third-order valence-corrected chi connectivity index (χ3v) is 12.8. The standard InChI is InChI=1S/C52H32B2N2/c1-4-17-33(18-5-1)53-43-30-12-13-31-44(43)55(34-19-6-2-7-20-34)51-40-27-15-28-41-47(40)46-38(49(51)53)25-14-26-39(46)50-52(41)56(35-21-8-3-9-22-35)45-32-16-24-37-36-23-10-11-29-42(36)54(50)48(37)45/h1-32H. The zero-order valence-electron chi connectivity index (χ0n) is 30.5. The van der Waals surface area contributed by atoms with Crippen LogP contribution in [0.25, 0.3) is 43.4 Å². The van der Waals surface area contributed by atoms with E-state index >= 15 is 0 Å². The molecule has 10 aromatic carbocycles. The summed E-state index contributed by atoms with van der Waals surface area (Å²) < 4.78 is 0. The number of para-hydroxylation sites is 3.